The number of nitrogens with zero attached hydrogens (tertiary/aromatic N) is 3. The third-order valence-electron chi connectivity index (χ3n) is 3.85. The minimum Gasteiger partial charge on any atom is -0.377 e. The molecule has 0 bridgehead atoms. The number of hydrogen-bond donors (Lipinski definition) is 2. The number of aromatic amines is 2. The number of carbonyl (C=O) groups excluding carboxylic acids is 1. The number of rotatable bonds is 4. The van der Waals surface area contributed by atoms with Crippen LogP contribution in [0.15, 0.2) is 6.07 Å². The lowest BCUT2D eigenvalue weighted by atomic mass is 10.0. The maximum Gasteiger partial charge on any atom is 0.270 e. The lowest BCUT2D eigenvalue weighted by Crippen LogP contribution is -2.39. The number of piperidine rings is 1. The maximum absolute atomic E-state index is 12.8. The minimum absolute atomic E-state index is 0.151. The maximum atomic E-state index is 12.8. The first-order chi connectivity index (χ1) is 11.1. The van der Waals surface area contributed by atoms with Crippen LogP contribution < -0.4 is 0 Å². The van der Waals surface area contributed by atoms with Crippen molar-refractivity contribution in [2.75, 3.05) is 13.7 Å². The van der Waals surface area contributed by atoms with Crippen LogP contribution in [0.1, 0.15) is 47.4 Å². The predicted octanol–water partition coefficient (Wildman–Crippen LogP) is 2.95. The summed E-state index contributed by atoms with van der Waals surface area (Å²) in [6, 6.07) is 1.38. The van der Waals surface area contributed by atoms with E-state index in [1.165, 1.54) is 0 Å². The summed E-state index contributed by atoms with van der Waals surface area (Å²) in [5.41, 5.74) is 0.375. The van der Waals surface area contributed by atoms with E-state index in [0.29, 0.717) is 35.5 Å². The molecule has 1 amide bonds. The highest BCUT2D eigenvalue weighted by atomic mass is 35.5. The minimum atomic E-state index is -0.168. The Bertz CT molecular complexity index is 680. The van der Waals surface area contributed by atoms with Gasteiger partial charge in [0.25, 0.3) is 5.91 Å². The molecule has 1 aliphatic rings. The van der Waals surface area contributed by atoms with Crippen molar-refractivity contribution in [3.63, 3.8) is 0 Å². The summed E-state index contributed by atoms with van der Waals surface area (Å²) in [4.78, 5) is 21.8. The predicted molar refractivity (Wildman–Crippen MR) is 85.5 cm³/mol. The molecule has 7 nitrogen and oxygen atoms in total. The van der Waals surface area contributed by atoms with Crippen LogP contribution in [0.5, 0.6) is 0 Å². The fraction of sp³-hybridized carbons (Fsp3) is 0.500. The molecule has 0 aliphatic carbocycles. The molecule has 0 spiro atoms. The molecular weight excluding hydrogens is 341 g/mol. The third kappa shape index (κ3) is 3.36. The Labute approximate surface area is 143 Å². The molecule has 3 heterocycles. The van der Waals surface area contributed by atoms with Gasteiger partial charge in [-0.25, -0.2) is 4.98 Å². The highest BCUT2D eigenvalue weighted by Crippen LogP contribution is 2.31. The first kappa shape index (κ1) is 16.3. The fourth-order valence-corrected chi connectivity index (χ4v) is 3.09. The third-order valence-corrected chi connectivity index (χ3v) is 4.54. The van der Waals surface area contributed by atoms with Crippen LogP contribution in [0.3, 0.4) is 0 Å². The monoisotopic (exact) mass is 357 g/mol. The van der Waals surface area contributed by atoms with Crippen LogP contribution in [0.4, 0.5) is 0 Å². The number of ether oxygens (including phenoxy) is 1. The number of halogens is 2. The number of methoxy groups -OCH3 is 1. The Morgan fingerprint density at radius 3 is 3.00 bits per heavy atom. The van der Waals surface area contributed by atoms with E-state index in [1.54, 1.807) is 18.1 Å². The Morgan fingerprint density at radius 2 is 2.30 bits per heavy atom. The number of nitrogens with one attached hydrogen (secondary N) is 2. The molecule has 1 fully saturated rings. The molecule has 0 saturated carbocycles. The summed E-state index contributed by atoms with van der Waals surface area (Å²) in [6.07, 6.45) is 2.78. The van der Waals surface area contributed by atoms with E-state index in [1.807, 2.05) is 0 Å². The summed E-state index contributed by atoms with van der Waals surface area (Å²) >= 11 is 11.8. The molecule has 3 rings (SSSR count). The van der Waals surface area contributed by atoms with E-state index in [4.69, 9.17) is 27.9 Å². The Hall–Kier alpha value is -1.57. The van der Waals surface area contributed by atoms with Gasteiger partial charge in [-0.15, -0.1) is 0 Å². The molecule has 0 radical (unpaired) electrons. The van der Waals surface area contributed by atoms with Crippen molar-refractivity contribution in [2.24, 2.45) is 0 Å². The molecule has 2 aromatic rings. The first-order valence-corrected chi connectivity index (χ1v) is 8.11. The first-order valence-electron chi connectivity index (χ1n) is 7.35. The van der Waals surface area contributed by atoms with E-state index in [9.17, 15) is 4.79 Å². The molecule has 0 aromatic carbocycles. The van der Waals surface area contributed by atoms with Crippen molar-refractivity contribution in [3.8, 4) is 0 Å². The second kappa shape index (κ2) is 6.90. The van der Waals surface area contributed by atoms with Gasteiger partial charge in [-0.2, -0.15) is 5.10 Å². The largest absolute Gasteiger partial charge is 0.377 e. The van der Waals surface area contributed by atoms with E-state index < -0.39 is 0 Å². The van der Waals surface area contributed by atoms with Crippen molar-refractivity contribution < 1.29 is 9.53 Å². The van der Waals surface area contributed by atoms with Crippen LogP contribution in [0.2, 0.25) is 10.2 Å². The summed E-state index contributed by atoms with van der Waals surface area (Å²) in [5.74, 6) is 1.10. The molecule has 124 valence electrons. The molecule has 9 heteroatoms. The lowest BCUT2D eigenvalue weighted by molar-refractivity contribution is 0.0594. The van der Waals surface area contributed by atoms with Crippen LogP contribution in [0, 0.1) is 0 Å². The Morgan fingerprint density at radius 1 is 1.48 bits per heavy atom. The molecule has 23 heavy (non-hydrogen) atoms. The van der Waals surface area contributed by atoms with Gasteiger partial charge < -0.3 is 14.6 Å². The SMILES string of the molecule is COCc1nc(C2CCCCN2C(=O)c2cc(Cl)c(Cl)[nH]2)n[nH]1. The van der Waals surface area contributed by atoms with Gasteiger partial charge in [0, 0.05) is 13.7 Å². The molecule has 1 unspecified atom stereocenters. The number of carbonyl (C=O) groups is 1. The van der Waals surface area contributed by atoms with Crippen molar-refractivity contribution in [1.29, 1.82) is 0 Å². The normalized spacial score (nSPS) is 18.4. The zero-order chi connectivity index (χ0) is 16.4. The molecule has 2 aromatic heterocycles. The average Bonchev–Trinajstić information content (AvgIpc) is 3.14. The lowest BCUT2D eigenvalue weighted by Gasteiger charge is -2.33. The zero-order valence-corrected chi connectivity index (χ0v) is 14.1. The van der Waals surface area contributed by atoms with E-state index in [0.717, 1.165) is 19.3 Å². The second-order valence-corrected chi connectivity index (χ2v) is 6.21. The van der Waals surface area contributed by atoms with Gasteiger partial charge in [-0.1, -0.05) is 23.2 Å². The number of hydrogen-bond acceptors (Lipinski definition) is 4. The number of aromatic nitrogens is 4. The molecule has 2 N–H and O–H groups in total. The van der Waals surface area contributed by atoms with Gasteiger partial charge in [0.15, 0.2) is 11.6 Å². The quantitative estimate of drug-likeness (QED) is 0.880. The van der Waals surface area contributed by atoms with Gasteiger partial charge >= 0.3 is 0 Å². The van der Waals surface area contributed by atoms with E-state index in [-0.39, 0.29) is 17.1 Å². The van der Waals surface area contributed by atoms with Crippen LogP contribution >= 0.6 is 23.2 Å². The number of likely N-dealkylation sites (tertiary alicyclic amines) is 1. The second-order valence-electron chi connectivity index (χ2n) is 5.43. The topological polar surface area (TPSA) is 86.9 Å². The van der Waals surface area contributed by atoms with Crippen molar-refractivity contribution in [2.45, 2.75) is 31.9 Å². The average molecular weight is 358 g/mol. The molecule has 1 aliphatic heterocycles. The highest BCUT2D eigenvalue weighted by Gasteiger charge is 2.32. The van der Waals surface area contributed by atoms with Gasteiger partial charge in [-0.05, 0) is 25.3 Å². The van der Waals surface area contributed by atoms with Crippen molar-refractivity contribution in [1.82, 2.24) is 25.1 Å². The standard InChI is InChI=1S/C14H17Cl2N5O2/c1-23-7-11-18-13(20-19-11)10-4-2-3-5-21(10)14(22)9-6-8(15)12(16)17-9/h6,10,17H,2-5,7H2,1H3,(H,18,19,20). The highest BCUT2D eigenvalue weighted by molar-refractivity contribution is 6.41. The van der Waals surface area contributed by atoms with Crippen molar-refractivity contribution in [3.05, 3.63) is 33.6 Å². The van der Waals surface area contributed by atoms with Crippen LogP contribution in [0.25, 0.3) is 0 Å². The van der Waals surface area contributed by atoms with Gasteiger partial charge in [-0.3, -0.25) is 9.89 Å². The smallest absolute Gasteiger partial charge is 0.270 e. The Kier molecular flexibility index (Phi) is 4.89. The van der Waals surface area contributed by atoms with E-state index in [2.05, 4.69) is 20.2 Å². The van der Waals surface area contributed by atoms with E-state index >= 15 is 0 Å². The van der Waals surface area contributed by atoms with Crippen molar-refractivity contribution >= 4 is 29.1 Å². The Balaban J connectivity index is 1.84. The van der Waals surface area contributed by atoms with Crippen LogP contribution in [-0.4, -0.2) is 44.6 Å². The number of H-pyrrole nitrogens is 2. The molecule has 1 atom stereocenters. The summed E-state index contributed by atoms with van der Waals surface area (Å²) < 4.78 is 5.04. The van der Waals surface area contributed by atoms with Gasteiger partial charge in [0.05, 0.1) is 11.1 Å². The summed E-state index contributed by atoms with van der Waals surface area (Å²) in [6.45, 7) is 1.00. The zero-order valence-electron chi connectivity index (χ0n) is 12.6. The number of amides is 1. The molecule has 1 saturated heterocycles. The molecular formula is C14H17Cl2N5O2. The van der Waals surface area contributed by atoms with Crippen LogP contribution in [-0.2, 0) is 11.3 Å². The summed E-state index contributed by atoms with van der Waals surface area (Å²) in [7, 11) is 1.59. The summed E-state index contributed by atoms with van der Waals surface area (Å²) in [5, 5.41) is 7.68. The van der Waals surface area contributed by atoms with Gasteiger partial charge in [0.2, 0.25) is 0 Å². The van der Waals surface area contributed by atoms with Gasteiger partial charge in [0.1, 0.15) is 17.5 Å². The fourth-order valence-electron chi connectivity index (χ4n) is 2.78.